The lowest BCUT2D eigenvalue weighted by Gasteiger charge is -2.36. The molecule has 24 heavy (non-hydrogen) atoms. The summed E-state index contributed by atoms with van der Waals surface area (Å²) >= 11 is 0. The molecule has 1 fully saturated rings. The summed E-state index contributed by atoms with van der Waals surface area (Å²) in [7, 11) is 0. The van der Waals surface area contributed by atoms with Gasteiger partial charge in [0.05, 0.1) is 0 Å². The van der Waals surface area contributed by atoms with Crippen molar-refractivity contribution in [2.45, 2.75) is 38.6 Å². The fourth-order valence-corrected chi connectivity index (χ4v) is 3.38. The maximum atomic E-state index is 12.9. The van der Waals surface area contributed by atoms with Gasteiger partial charge >= 0.3 is 0 Å². The lowest BCUT2D eigenvalue weighted by molar-refractivity contribution is 0.0613. The molecule has 0 aromatic heterocycles. The van der Waals surface area contributed by atoms with E-state index in [2.05, 4.69) is 12.1 Å². The highest BCUT2D eigenvalue weighted by molar-refractivity contribution is 5.97. The smallest absolute Gasteiger partial charge is 0.254 e. The Balaban J connectivity index is 1.76. The highest BCUT2D eigenvalue weighted by Crippen LogP contribution is 2.23. The summed E-state index contributed by atoms with van der Waals surface area (Å²) in [5.41, 5.74) is 2.58. The Hall–Kier alpha value is -2.42. The molecular weight excluding hydrogens is 298 g/mol. The van der Waals surface area contributed by atoms with Crippen molar-refractivity contribution in [3.63, 3.8) is 0 Å². The van der Waals surface area contributed by atoms with E-state index >= 15 is 0 Å². The summed E-state index contributed by atoms with van der Waals surface area (Å²) in [5.74, 6) is 0.0969. The molecule has 0 spiro atoms. The van der Waals surface area contributed by atoms with Crippen molar-refractivity contribution < 1.29 is 9.59 Å². The Kier molecular flexibility index (Phi) is 5.09. The average molecular weight is 321 g/mol. The maximum Gasteiger partial charge on any atom is 0.254 e. The predicted molar refractivity (Wildman–Crippen MR) is 95.3 cm³/mol. The van der Waals surface area contributed by atoms with Gasteiger partial charge < -0.3 is 4.90 Å². The van der Waals surface area contributed by atoms with E-state index in [1.165, 1.54) is 18.9 Å². The molecule has 0 bridgehead atoms. The van der Waals surface area contributed by atoms with Gasteiger partial charge in [-0.05, 0) is 50.3 Å². The SMILES string of the molecule is CC(=O)c1ccc(C(=O)N2CCCCC2Cc2ccccc2)cc1. The minimum Gasteiger partial charge on any atom is -0.335 e. The molecule has 1 amide bonds. The number of ketones is 1. The van der Waals surface area contributed by atoms with Crippen LogP contribution in [0.15, 0.2) is 54.6 Å². The summed E-state index contributed by atoms with van der Waals surface area (Å²) in [5, 5.41) is 0. The monoisotopic (exact) mass is 321 g/mol. The summed E-state index contributed by atoms with van der Waals surface area (Å²) < 4.78 is 0. The molecule has 2 aromatic carbocycles. The van der Waals surface area contributed by atoms with Gasteiger partial charge in [0, 0.05) is 23.7 Å². The zero-order valence-electron chi connectivity index (χ0n) is 14.1. The normalized spacial score (nSPS) is 17.5. The molecule has 0 aliphatic carbocycles. The third-order valence-corrected chi connectivity index (χ3v) is 4.74. The van der Waals surface area contributed by atoms with E-state index < -0.39 is 0 Å². The average Bonchev–Trinajstić information content (AvgIpc) is 2.62. The fourth-order valence-electron chi connectivity index (χ4n) is 3.38. The van der Waals surface area contributed by atoms with Crippen molar-refractivity contribution in [2.24, 2.45) is 0 Å². The van der Waals surface area contributed by atoms with Crippen LogP contribution in [0, 0.1) is 0 Å². The molecule has 3 heteroatoms. The summed E-state index contributed by atoms with van der Waals surface area (Å²) in [4.78, 5) is 26.3. The Morgan fingerprint density at radius 2 is 1.62 bits per heavy atom. The molecule has 1 unspecified atom stereocenters. The molecule has 1 atom stereocenters. The highest BCUT2D eigenvalue weighted by Gasteiger charge is 2.27. The van der Waals surface area contributed by atoms with Crippen LogP contribution in [0.25, 0.3) is 0 Å². The molecule has 0 radical (unpaired) electrons. The molecule has 1 aliphatic rings. The van der Waals surface area contributed by atoms with Gasteiger partial charge in [0.25, 0.3) is 5.91 Å². The van der Waals surface area contributed by atoms with Crippen molar-refractivity contribution in [3.05, 3.63) is 71.3 Å². The van der Waals surface area contributed by atoms with Crippen LogP contribution in [0.3, 0.4) is 0 Å². The van der Waals surface area contributed by atoms with Crippen LogP contribution in [0.4, 0.5) is 0 Å². The van der Waals surface area contributed by atoms with Gasteiger partial charge in [-0.3, -0.25) is 9.59 Å². The first-order valence-electron chi connectivity index (χ1n) is 8.61. The number of hydrogen-bond acceptors (Lipinski definition) is 2. The van der Waals surface area contributed by atoms with Crippen molar-refractivity contribution in [1.82, 2.24) is 4.90 Å². The summed E-state index contributed by atoms with van der Waals surface area (Å²) in [6.45, 7) is 2.35. The molecule has 3 nitrogen and oxygen atoms in total. The van der Waals surface area contributed by atoms with Crippen LogP contribution in [-0.4, -0.2) is 29.2 Å². The quantitative estimate of drug-likeness (QED) is 0.794. The predicted octanol–water partition coefficient (Wildman–Crippen LogP) is 4.13. The maximum absolute atomic E-state index is 12.9. The van der Waals surface area contributed by atoms with Crippen LogP contribution in [0.5, 0.6) is 0 Å². The largest absolute Gasteiger partial charge is 0.335 e. The number of piperidine rings is 1. The molecule has 2 aromatic rings. The summed E-state index contributed by atoms with van der Waals surface area (Å²) in [6, 6.07) is 17.6. The number of carbonyl (C=O) groups is 2. The number of amides is 1. The number of Topliss-reactive ketones (excluding diaryl/α,β-unsaturated/α-hetero) is 1. The topological polar surface area (TPSA) is 37.4 Å². The number of likely N-dealkylation sites (tertiary alicyclic amines) is 1. The Labute approximate surface area is 143 Å². The van der Waals surface area contributed by atoms with E-state index in [4.69, 9.17) is 0 Å². The van der Waals surface area contributed by atoms with Crippen LogP contribution in [-0.2, 0) is 6.42 Å². The highest BCUT2D eigenvalue weighted by atomic mass is 16.2. The van der Waals surface area contributed by atoms with Gasteiger partial charge in [-0.25, -0.2) is 0 Å². The van der Waals surface area contributed by atoms with Gasteiger partial charge in [0.2, 0.25) is 0 Å². The number of benzene rings is 2. The standard InChI is InChI=1S/C21H23NO2/c1-16(23)18-10-12-19(13-11-18)21(24)22-14-6-5-9-20(22)15-17-7-3-2-4-8-17/h2-4,7-8,10-13,20H,5-6,9,14-15H2,1H3. The lowest BCUT2D eigenvalue weighted by Crippen LogP contribution is -2.44. The molecule has 1 aliphatic heterocycles. The van der Waals surface area contributed by atoms with Crippen molar-refractivity contribution in [3.8, 4) is 0 Å². The van der Waals surface area contributed by atoms with Crippen molar-refractivity contribution in [1.29, 1.82) is 0 Å². The van der Waals surface area contributed by atoms with E-state index in [1.54, 1.807) is 24.3 Å². The van der Waals surface area contributed by atoms with E-state index in [0.29, 0.717) is 11.1 Å². The zero-order valence-corrected chi connectivity index (χ0v) is 14.1. The number of nitrogens with zero attached hydrogens (tertiary/aromatic N) is 1. The minimum atomic E-state index is 0.0222. The second-order valence-corrected chi connectivity index (χ2v) is 6.47. The lowest BCUT2D eigenvalue weighted by atomic mass is 9.94. The Bertz CT molecular complexity index is 706. The van der Waals surface area contributed by atoms with Crippen LogP contribution < -0.4 is 0 Å². The second kappa shape index (κ2) is 7.43. The van der Waals surface area contributed by atoms with Gasteiger partial charge in [-0.2, -0.15) is 0 Å². The second-order valence-electron chi connectivity index (χ2n) is 6.47. The van der Waals surface area contributed by atoms with E-state index in [9.17, 15) is 9.59 Å². The number of rotatable bonds is 4. The van der Waals surface area contributed by atoms with Crippen LogP contribution in [0.1, 0.15) is 52.5 Å². The van der Waals surface area contributed by atoms with Gasteiger partial charge in [-0.1, -0.05) is 42.5 Å². The van der Waals surface area contributed by atoms with Crippen LogP contribution in [0.2, 0.25) is 0 Å². The van der Waals surface area contributed by atoms with E-state index in [0.717, 1.165) is 25.8 Å². The molecule has 0 saturated carbocycles. The zero-order chi connectivity index (χ0) is 16.9. The van der Waals surface area contributed by atoms with Crippen molar-refractivity contribution in [2.75, 3.05) is 6.54 Å². The van der Waals surface area contributed by atoms with Gasteiger partial charge in [-0.15, -0.1) is 0 Å². The third kappa shape index (κ3) is 3.73. The fraction of sp³-hybridized carbons (Fsp3) is 0.333. The molecule has 124 valence electrons. The van der Waals surface area contributed by atoms with Gasteiger partial charge in [0.1, 0.15) is 0 Å². The first kappa shape index (κ1) is 16.4. The van der Waals surface area contributed by atoms with Crippen molar-refractivity contribution >= 4 is 11.7 Å². The van der Waals surface area contributed by atoms with E-state index in [-0.39, 0.29) is 17.7 Å². The number of hydrogen-bond donors (Lipinski definition) is 0. The van der Waals surface area contributed by atoms with E-state index in [1.807, 2.05) is 23.1 Å². The molecule has 1 heterocycles. The molecule has 3 rings (SSSR count). The first-order valence-corrected chi connectivity index (χ1v) is 8.61. The number of carbonyl (C=O) groups excluding carboxylic acids is 2. The molecule has 0 N–H and O–H groups in total. The minimum absolute atomic E-state index is 0.0222. The Morgan fingerprint density at radius 3 is 2.29 bits per heavy atom. The van der Waals surface area contributed by atoms with Crippen LogP contribution >= 0.6 is 0 Å². The Morgan fingerprint density at radius 1 is 0.958 bits per heavy atom. The molecule has 1 saturated heterocycles. The third-order valence-electron chi connectivity index (χ3n) is 4.74. The van der Waals surface area contributed by atoms with Gasteiger partial charge in [0.15, 0.2) is 5.78 Å². The molecular formula is C21H23NO2. The first-order chi connectivity index (χ1) is 11.6. The summed E-state index contributed by atoms with van der Waals surface area (Å²) in [6.07, 6.45) is 4.18.